The molecule has 0 atom stereocenters. The van der Waals surface area contributed by atoms with E-state index in [1.54, 1.807) is 0 Å². The lowest BCUT2D eigenvalue weighted by molar-refractivity contribution is 0.446. The third-order valence-electron chi connectivity index (χ3n) is 3.73. The Kier molecular flexibility index (Phi) is 7.10. The molecule has 18 heavy (non-hydrogen) atoms. The van der Waals surface area contributed by atoms with Crippen LogP contribution in [0, 0.1) is 0 Å². The van der Waals surface area contributed by atoms with Crippen LogP contribution >= 0.6 is 0 Å². The fourth-order valence-electron chi connectivity index (χ4n) is 2.87. The Bertz CT molecular complexity index is 312. The lowest BCUT2D eigenvalue weighted by Crippen LogP contribution is -2.49. The smallest absolute Gasteiger partial charge is 0.257 e. The second kappa shape index (κ2) is 7.06. The highest BCUT2D eigenvalue weighted by Gasteiger charge is 2.48. The topological polar surface area (TPSA) is 43.4 Å². The standard InChI is InChI=1S/C13H30O3SSi/c1-8-9-10-17(14,15)16-18(11(2)3,12(4)5)13(6)7/h11-13H,8-10H2,1-7H3. The molecule has 0 heterocycles. The van der Waals surface area contributed by atoms with Crippen molar-refractivity contribution in [3.63, 3.8) is 0 Å². The molecule has 0 aromatic carbocycles. The van der Waals surface area contributed by atoms with Crippen molar-refractivity contribution < 1.29 is 12.3 Å². The van der Waals surface area contributed by atoms with Gasteiger partial charge in [0.2, 0.25) is 8.32 Å². The minimum absolute atomic E-state index is 0.157. The first-order valence-corrected chi connectivity index (χ1v) is 10.7. The summed E-state index contributed by atoms with van der Waals surface area (Å²) in [5, 5.41) is 0. The second-order valence-electron chi connectivity index (χ2n) is 6.02. The molecule has 0 spiro atoms. The van der Waals surface area contributed by atoms with Crippen molar-refractivity contribution in [2.45, 2.75) is 77.9 Å². The molecular weight excluding hydrogens is 264 g/mol. The molecule has 110 valence electrons. The quantitative estimate of drug-likeness (QED) is 0.627. The Labute approximate surface area is 115 Å². The Morgan fingerprint density at radius 2 is 1.33 bits per heavy atom. The summed E-state index contributed by atoms with van der Waals surface area (Å²) in [5.74, 6) is 0.157. The molecule has 3 nitrogen and oxygen atoms in total. The lowest BCUT2D eigenvalue weighted by Gasteiger charge is -2.40. The normalized spacial score (nSPS) is 13.9. The molecule has 0 aromatic rings. The maximum atomic E-state index is 12.1. The summed E-state index contributed by atoms with van der Waals surface area (Å²) >= 11 is 0. The zero-order valence-electron chi connectivity index (χ0n) is 13.0. The van der Waals surface area contributed by atoms with Gasteiger partial charge < -0.3 is 3.87 Å². The molecule has 0 radical (unpaired) electrons. The molecule has 0 saturated carbocycles. The van der Waals surface area contributed by atoms with Gasteiger partial charge in [-0.2, -0.15) is 0 Å². The summed E-state index contributed by atoms with van der Waals surface area (Å²) in [7, 11) is -5.68. The van der Waals surface area contributed by atoms with Crippen molar-refractivity contribution in [2.75, 3.05) is 5.75 Å². The molecule has 0 amide bonds. The summed E-state index contributed by atoms with van der Waals surface area (Å²) < 4.78 is 30.1. The Balaban J connectivity index is 5.24. The van der Waals surface area contributed by atoms with Gasteiger partial charge >= 0.3 is 0 Å². The summed E-state index contributed by atoms with van der Waals surface area (Å²) in [6, 6.07) is 0. The third kappa shape index (κ3) is 4.35. The molecule has 0 aromatic heterocycles. The SMILES string of the molecule is CCCCS(=O)(=O)O[Si](C(C)C)(C(C)C)C(C)C. The fraction of sp³-hybridized carbons (Fsp3) is 1.00. The van der Waals surface area contributed by atoms with Gasteiger partial charge in [0.25, 0.3) is 10.1 Å². The van der Waals surface area contributed by atoms with Crippen LogP contribution in [0.15, 0.2) is 0 Å². The average molecular weight is 295 g/mol. The summed E-state index contributed by atoms with van der Waals surface area (Å²) in [6.07, 6.45) is 1.56. The van der Waals surface area contributed by atoms with Crippen LogP contribution in [0.2, 0.25) is 16.6 Å². The average Bonchev–Trinajstić information content (AvgIpc) is 2.21. The van der Waals surface area contributed by atoms with Crippen molar-refractivity contribution in [3.05, 3.63) is 0 Å². The minimum Gasteiger partial charge on any atom is -0.314 e. The molecular formula is C13H30O3SSi. The van der Waals surface area contributed by atoms with Crippen LogP contribution in [0.4, 0.5) is 0 Å². The van der Waals surface area contributed by atoms with Crippen LogP contribution in [0.3, 0.4) is 0 Å². The summed E-state index contributed by atoms with van der Waals surface area (Å²) in [5.41, 5.74) is 0.900. The van der Waals surface area contributed by atoms with Crippen LogP contribution in [0.25, 0.3) is 0 Å². The highest BCUT2D eigenvalue weighted by molar-refractivity contribution is 7.87. The van der Waals surface area contributed by atoms with Crippen LogP contribution in [-0.4, -0.2) is 22.5 Å². The van der Waals surface area contributed by atoms with Gasteiger partial charge in [0.15, 0.2) is 0 Å². The zero-order chi connectivity index (χ0) is 14.6. The van der Waals surface area contributed by atoms with E-state index in [-0.39, 0.29) is 5.75 Å². The second-order valence-corrected chi connectivity index (χ2v) is 13.4. The van der Waals surface area contributed by atoms with E-state index in [9.17, 15) is 8.42 Å². The van der Waals surface area contributed by atoms with E-state index in [0.29, 0.717) is 23.0 Å². The molecule has 0 aliphatic heterocycles. The molecule has 0 saturated heterocycles. The first-order chi connectivity index (χ1) is 8.10. The molecule has 5 heteroatoms. The van der Waals surface area contributed by atoms with E-state index in [4.69, 9.17) is 3.87 Å². The van der Waals surface area contributed by atoms with Crippen molar-refractivity contribution in [1.29, 1.82) is 0 Å². The maximum Gasteiger partial charge on any atom is 0.257 e. The largest absolute Gasteiger partial charge is 0.314 e. The lowest BCUT2D eigenvalue weighted by atomic mass is 10.4. The van der Waals surface area contributed by atoms with Crippen molar-refractivity contribution >= 4 is 18.4 Å². The number of hydrogen-bond donors (Lipinski definition) is 0. The van der Waals surface area contributed by atoms with Crippen LogP contribution in [0.5, 0.6) is 0 Å². The molecule has 0 aliphatic carbocycles. The van der Waals surface area contributed by atoms with E-state index in [0.717, 1.165) is 6.42 Å². The van der Waals surface area contributed by atoms with Gasteiger partial charge in [-0.25, -0.2) is 8.42 Å². The van der Waals surface area contributed by atoms with Gasteiger partial charge in [-0.15, -0.1) is 0 Å². The molecule has 0 fully saturated rings. The minimum atomic E-state index is -3.37. The van der Waals surface area contributed by atoms with Crippen LogP contribution < -0.4 is 0 Å². The highest BCUT2D eigenvalue weighted by Crippen LogP contribution is 2.43. The monoisotopic (exact) mass is 294 g/mol. The van der Waals surface area contributed by atoms with Gasteiger partial charge in [-0.1, -0.05) is 54.9 Å². The molecule has 0 bridgehead atoms. The highest BCUT2D eigenvalue weighted by atomic mass is 32.2. The van der Waals surface area contributed by atoms with Crippen molar-refractivity contribution in [3.8, 4) is 0 Å². The number of hydrogen-bond acceptors (Lipinski definition) is 3. The van der Waals surface area contributed by atoms with Gasteiger partial charge in [-0.05, 0) is 23.0 Å². The van der Waals surface area contributed by atoms with Gasteiger partial charge in [0, 0.05) is 0 Å². The van der Waals surface area contributed by atoms with Gasteiger partial charge in [-0.3, -0.25) is 0 Å². The zero-order valence-corrected chi connectivity index (χ0v) is 14.8. The summed E-state index contributed by atoms with van der Waals surface area (Å²) in [4.78, 5) is 0. The van der Waals surface area contributed by atoms with E-state index >= 15 is 0 Å². The molecule has 0 rings (SSSR count). The molecule has 0 N–H and O–H groups in total. The number of unbranched alkanes of at least 4 members (excludes halogenated alkanes) is 1. The Morgan fingerprint density at radius 3 is 1.61 bits per heavy atom. The van der Waals surface area contributed by atoms with Crippen molar-refractivity contribution in [2.24, 2.45) is 0 Å². The van der Waals surface area contributed by atoms with Gasteiger partial charge in [0.1, 0.15) is 0 Å². The predicted molar refractivity (Wildman–Crippen MR) is 80.8 cm³/mol. The van der Waals surface area contributed by atoms with Crippen LogP contribution in [0.1, 0.15) is 61.3 Å². The van der Waals surface area contributed by atoms with Crippen molar-refractivity contribution in [1.82, 2.24) is 0 Å². The molecule has 0 unspecified atom stereocenters. The van der Waals surface area contributed by atoms with E-state index in [1.165, 1.54) is 0 Å². The third-order valence-corrected chi connectivity index (χ3v) is 12.1. The first kappa shape index (κ1) is 18.1. The van der Waals surface area contributed by atoms with E-state index in [2.05, 4.69) is 41.5 Å². The number of rotatable bonds is 8. The van der Waals surface area contributed by atoms with E-state index in [1.807, 2.05) is 6.92 Å². The van der Waals surface area contributed by atoms with E-state index < -0.39 is 18.4 Å². The maximum absolute atomic E-state index is 12.1. The Hall–Kier alpha value is 0.127. The molecule has 0 aliphatic rings. The Morgan fingerprint density at radius 1 is 0.944 bits per heavy atom. The summed E-state index contributed by atoms with van der Waals surface area (Å²) in [6.45, 7) is 14.6. The van der Waals surface area contributed by atoms with Crippen LogP contribution in [-0.2, 0) is 14.0 Å². The first-order valence-electron chi connectivity index (χ1n) is 7.03. The predicted octanol–water partition coefficient (Wildman–Crippen LogP) is 4.31. The van der Waals surface area contributed by atoms with Gasteiger partial charge in [0.05, 0.1) is 5.75 Å². The fourth-order valence-corrected chi connectivity index (χ4v) is 11.9.